The molecule has 1 fully saturated rings. The zero-order valence-electron chi connectivity index (χ0n) is 12.5. The number of nitrogens with zero attached hydrogens (tertiary/aromatic N) is 1. The van der Waals surface area contributed by atoms with Crippen molar-refractivity contribution in [3.05, 3.63) is 11.6 Å². The number of likely N-dealkylation sites (tertiary alicyclic amines) is 1. The van der Waals surface area contributed by atoms with Crippen LogP contribution in [0.1, 0.15) is 47.0 Å². The first-order valence-corrected chi connectivity index (χ1v) is 7.22. The molecule has 0 atom stereocenters. The van der Waals surface area contributed by atoms with Crippen molar-refractivity contribution in [2.45, 2.75) is 53.0 Å². The normalized spacial score (nSPS) is 17.7. The van der Waals surface area contributed by atoms with E-state index in [9.17, 15) is 9.59 Å². The molecule has 1 aliphatic heterocycles. The molecule has 0 aliphatic carbocycles. The molecular weight excluding hydrogens is 240 g/mol. The lowest BCUT2D eigenvalue weighted by Crippen LogP contribution is -2.47. The van der Waals surface area contributed by atoms with E-state index in [1.807, 2.05) is 38.7 Å². The van der Waals surface area contributed by atoms with Gasteiger partial charge < -0.3 is 10.2 Å². The monoisotopic (exact) mass is 266 g/mol. The highest BCUT2D eigenvalue weighted by Gasteiger charge is 2.25. The smallest absolute Gasteiger partial charge is 0.246 e. The van der Waals surface area contributed by atoms with Crippen molar-refractivity contribution < 1.29 is 9.59 Å². The van der Waals surface area contributed by atoms with Crippen LogP contribution in [0.4, 0.5) is 0 Å². The van der Waals surface area contributed by atoms with Crippen LogP contribution in [-0.2, 0) is 9.59 Å². The van der Waals surface area contributed by atoms with Crippen molar-refractivity contribution in [3.63, 3.8) is 0 Å². The average Bonchev–Trinajstić information content (AvgIpc) is 2.38. The number of allylic oxidation sites excluding steroid dienone is 1. The second-order valence-corrected chi connectivity index (χ2v) is 5.52. The van der Waals surface area contributed by atoms with Crippen molar-refractivity contribution in [1.29, 1.82) is 0 Å². The lowest BCUT2D eigenvalue weighted by Gasteiger charge is -2.33. The number of nitrogens with one attached hydrogen (secondary N) is 1. The molecule has 1 aliphatic rings. The van der Waals surface area contributed by atoms with Crippen molar-refractivity contribution in [2.75, 3.05) is 13.1 Å². The molecule has 0 unspecified atom stereocenters. The minimum absolute atomic E-state index is 0.0236. The maximum atomic E-state index is 11.9. The van der Waals surface area contributed by atoms with Crippen molar-refractivity contribution in [2.24, 2.45) is 5.92 Å². The fraction of sp³-hybridized carbons (Fsp3) is 0.733. The summed E-state index contributed by atoms with van der Waals surface area (Å²) < 4.78 is 0. The van der Waals surface area contributed by atoms with E-state index in [2.05, 4.69) is 5.32 Å². The quantitative estimate of drug-likeness (QED) is 0.792. The van der Waals surface area contributed by atoms with Gasteiger partial charge in [-0.15, -0.1) is 0 Å². The Morgan fingerprint density at radius 1 is 1.32 bits per heavy atom. The first-order chi connectivity index (χ1) is 8.95. The molecule has 1 N–H and O–H groups in total. The van der Waals surface area contributed by atoms with Gasteiger partial charge in [0.1, 0.15) is 0 Å². The fourth-order valence-corrected chi connectivity index (χ4v) is 2.31. The second kappa shape index (κ2) is 7.31. The Labute approximate surface area is 116 Å². The summed E-state index contributed by atoms with van der Waals surface area (Å²) in [6.45, 7) is 9.21. The molecule has 0 radical (unpaired) electrons. The Bertz CT molecular complexity index is 353. The lowest BCUT2D eigenvalue weighted by atomic mass is 10.0. The zero-order chi connectivity index (χ0) is 14.4. The van der Waals surface area contributed by atoms with E-state index < -0.39 is 0 Å². The van der Waals surface area contributed by atoms with E-state index in [0.717, 1.165) is 37.9 Å². The van der Waals surface area contributed by atoms with E-state index in [1.165, 1.54) is 0 Å². The molecule has 1 saturated heterocycles. The zero-order valence-corrected chi connectivity index (χ0v) is 12.5. The van der Waals surface area contributed by atoms with Crippen LogP contribution < -0.4 is 5.32 Å². The molecule has 4 heteroatoms. The summed E-state index contributed by atoms with van der Waals surface area (Å²) >= 11 is 0. The van der Waals surface area contributed by atoms with Crippen LogP contribution in [-0.4, -0.2) is 35.8 Å². The van der Waals surface area contributed by atoms with Gasteiger partial charge in [-0.05, 0) is 26.2 Å². The third kappa shape index (κ3) is 4.69. The highest BCUT2D eigenvalue weighted by Crippen LogP contribution is 2.13. The molecule has 2 amide bonds. The summed E-state index contributed by atoms with van der Waals surface area (Å²) in [5, 5.41) is 3.05. The Balaban J connectivity index is 2.40. The van der Waals surface area contributed by atoms with Crippen molar-refractivity contribution >= 4 is 11.8 Å². The maximum absolute atomic E-state index is 11.9. The minimum Gasteiger partial charge on any atom is -0.349 e. The van der Waals surface area contributed by atoms with E-state index in [-0.39, 0.29) is 23.8 Å². The van der Waals surface area contributed by atoms with Crippen LogP contribution in [0.15, 0.2) is 11.6 Å². The van der Waals surface area contributed by atoms with Gasteiger partial charge in [-0.2, -0.15) is 0 Å². The Hall–Kier alpha value is -1.32. The van der Waals surface area contributed by atoms with Crippen LogP contribution in [0.25, 0.3) is 0 Å². The molecule has 0 bridgehead atoms. The number of amides is 2. The van der Waals surface area contributed by atoms with E-state index in [4.69, 9.17) is 0 Å². The number of carbonyl (C=O) groups is 2. The standard InChI is InChI=1S/C15H26N2O2/c1-5-6-12(4)14(18)16-13-7-9-17(10-8-13)15(19)11(2)3/h6,11,13H,5,7-10H2,1-4H3,(H,16,18)/b12-6+. The summed E-state index contributed by atoms with van der Waals surface area (Å²) in [6, 6.07) is 0.198. The van der Waals surface area contributed by atoms with Crippen LogP contribution in [0.3, 0.4) is 0 Å². The maximum Gasteiger partial charge on any atom is 0.246 e. The van der Waals surface area contributed by atoms with Crippen LogP contribution >= 0.6 is 0 Å². The SMILES string of the molecule is CC/C=C(\C)C(=O)NC1CCN(C(=O)C(C)C)CC1. The predicted octanol–water partition coefficient (Wildman–Crippen LogP) is 2.11. The van der Waals surface area contributed by atoms with Gasteiger partial charge in [-0.1, -0.05) is 26.8 Å². The van der Waals surface area contributed by atoms with Crippen molar-refractivity contribution in [3.8, 4) is 0 Å². The van der Waals surface area contributed by atoms with Gasteiger partial charge in [-0.25, -0.2) is 0 Å². The molecule has 108 valence electrons. The number of carbonyl (C=O) groups excluding carboxylic acids is 2. The highest BCUT2D eigenvalue weighted by atomic mass is 16.2. The lowest BCUT2D eigenvalue weighted by molar-refractivity contribution is -0.135. The summed E-state index contributed by atoms with van der Waals surface area (Å²) in [5.41, 5.74) is 0.781. The topological polar surface area (TPSA) is 49.4 Å². The second-order valence-electron chi connectivity index (χ2n) is 5.52. The van der Waals surface area contributed by atoms with Gasteiger partial charge in [0.05, 0.1) is 0 Å². The molecule has 4 nitrogen and oxygen atoms in total. The summed E-state index contributed by atoms with van der Waals surface area (Å²) in [5.74, 6) is 0.295. The number of rotatable bonds is 4. The minimum atomic E-state index is 0.0236. The fourth-order valence-electron chi connectivity index (χ4n) is 2.31. The molecule has 0 spiro atoms. The number of piperidine rings is 1. The molecule has 1 heterocycles. The van der Waals surface area contributed by atoms with E-state index in [0.29, 0.717) is 0 Å². The molecule has 0 aromatic carbocycles. The van der Waals surface area contributed by atoms with Gasteiger partial charge in [0.15, 0.2) is 0 Å². The summed E-state index contributed by atoms with van der Waals surface area (Å²) in [7, 11) is 0. The Kier molecular flexibility index (Phi) is 6.06. The van der Waals surface area contributed by atoms with Crippen LogP contribution in [0.5, 0.6) is 0 Å². The molecule has 19 heavy (non-hydrogen) atoms. The molecule has 0 aromatic heterocycles. The van der Waals surface area contributed by atoms with Crippen LogP contribution in [0.2, 0.25) is 0 Å². The molecule has 1 rings (SSSR count). The van der Waals surface area contributed by atoms with Gasteiger partial charge in [0, 0.05) is 30.6 Å². The van der Waals surface area contributed by atoms with E-state index in [1.54, 1.807) is 0 Å². The summed E-state index contributed by atoms with van der Waals surface area (Å²) in [6.07, 6.45) is 4.51. The first kappa shape index (κ1) is 15.7. The van der Waals surface area contributed by atoms with E-state index >= 15 is 0 Å². The average molecular weight is 266 g/mol. The third-order valence-corrected chi connectivity index (χ3v) is 3.50. The molecule has 0 saturated carbocycles. The highest BCUT2D eigenvalue weighted by molar-refractivity contribution is 5.92. The summed E-state index contributed by atoms with van der Waals surface area (Å²) in [4.78, 5) is 25.6. The number of hydrogen-bond donors (Lipinski definition) is 1. The van der Waals surface area contributed by atoms with Gasteiger partial charge in [0.25, 0.3) is 0 Å². The first-order valence-electron chi connectivity index (χ1n) is 7.22. The van der Waals surface area contributed by atoms with Crippen LogP contribution in [0, 0.1) is 5.92 Å². The van der Waals surface area contributed by atoms with Gasteiger partial charge in [0.2, 0.25) is 11.8 Å². The predicted molar refractivity (Wildman–Crippen MR) is 76.6 cm³/mol. The third-order valence-electron chi connectivity index (χ3n) is 3.50. The largest absolute Gasteiger partial charge is 0.349 e. The van der Waals surface area contributed by atoms with Gasteiger partial charge >= 0.3 is 0 Å². The van der Waals surface area contributed by atoms with Crippen molar-refractivity contribution in [1.82, 2.24) is 10.2 Å². The molecular formula is C15H26N2O2. The van der Waals surface area contributed by atoms with Gasteiger partial charge in [-0.3, -0.25) is 9.59 Å². The Morgan fingerprint density at radius 2 is 1.89 bits per heavy atom. The Morgan fingerprint density at radius 3 is 2.37 bits per heavy atom. The molecule has 0 aromatic rings. The number of hydrogen-bond acceptors (Lipinski definition) is 2.